The minimum absolute atomic E-state index is 0.0854. The quantitative estimate of drug-likeness (QED) is 0.648. The molecule has 2 unspecified atom stereocenters. The lowest BCUT2D eigenvalue weighted by molar-refractivity contribution is 0.0944. The summed E-state index contributed by atoms with van der Waals surface area (Å²) in [4.78, 5) is 0. The summed E-state index contributed by atoms with van der Waals surface area (Å²) in [6.45, 7) is 2.33. The molecular formula is C23H21F2NO2. The van der Waals surface area contributed by atoms with Crippen molar-refractivity contribution in [1.82, 2.24) is 5.32 Å². The van der Waals surface area contributed by atoms with Crippen molar-refractivity contribution >= 4 is 0 Å². The third-order valence-corrected chi connectivity index (χ3v) is 5.15. The zero-order valence-corrected chi connectivity index (χ0v) is 15.5. The van der Waals surface area contributed by atoms with Crippen molar-refractivity contribution in [2.24, 2.45) is 0 Å². The van der Waals surface area contributed by atoms with E-state index < -0.39 is 17.9 Å². The first-order valence-electron chi connectivity index (χ1n) is 9.30. The van der Waals surface area contributed by atoms with Crippen LogP contribution in [-0.2, 0) is 11.2 Å². The average Bonchev–Trinajstić information content (AvgIpc) is 3.18. The molecule has 4 rings (SSSR count). The standard InChI is InChI=1S/C23H21F2NO2/c1-2-14-12-17(10-11-21(14)27)15-6-8-16(9-7-15)20-13-28-23(26-20)22-18(24)4-3-5-19(22)25/h3-12,20,23,26-27H,2,13H2,1H3. The van der Waals surface area contributed by atoms with Crippen LogP contribution in [0.4, 0.5) is 8.78 Å². The molecule has 144 valence electrons. The van der Waals surface area contributed by atoms with Gasteiger partial charge in [-0.3, -0.25) is 5.32 Å². The van der Waals surface area contributed by atoms with E-state index in [2.05, 4.69) is 5.32 Å². The molecule has 1 fully saturated rings. The fraction of sp³-hybridized carbons (Fsp3) is 0.217. The highest BCUT2D eigenvalue weighted by Gasteiger charge is 2.30. The summed E-state index contributed by atoms with van der Waals surface area (Å²) in [7, 11) is 0. The van der Waals surface area contributed by atoms with Crippen molar-refractivity contribution in [3.8, 4) is 16.9 Å². The molecule has 2 N–H and O–H groups in total. The maximum absolute atomic E-state index is 14.0. The van der Waals surface area contributed by atoms with E-state index in [1.54, 1.807) is 6.07 Å². The fourth-order valence-electron chi connectivity index (χ4n) is 3.55. The molecule has 3 nitrogen and oxygen atoms in total. The predicted octanol–water partition coefficient (Wildman–Crippen LogP) is 5.26. The van der Waals surface area contributed by atoms with Gasteiger partial charge in [0.05, 0.1) is 18.2 Å². The Balaban J connectivity index is 1.52. The largest absolute Gasteiger partial charge is 0.508 e. The first-order valence-corrected chi connectivity index (χ1v) is 9.30. The Kier molecular flexibility index (Phi) is 5.11. The normalized spacial score (nSPS) is 19.1. The minimum Gasteiger partial charge on any atom is -0.508 e. The smallest absolute Gasteiger partial charge is 0.140 e. The number of phenolic OH excluding ortho intramolecular Hbond substituents is 1. The lowest BCUT2D eigenvalue weighted by atomic mass is 9.98. The Morgan fingerprint density at radius 1 is 1.00 bits per heavy atom. The molecule has 28 heavy (non-hydrogen) atoms. The average molecular weight is 381 g/mol. The third kappa shape index (κ3) is 3.51. The summed E-state index contributed by atoms with van der Waals surface area (Å²) in [6, 6.07) is 17.2. The number of halogens is 2. The van der Waals surface area contributed by atoms with E-state index in [-0.39, 0.29) is 11.6 Å². The Morgan fingerprint density at radius 2 is 1.68 bits per heavy atom. The van der Waals surface area contributed by atoms with Crippen LogP contribution in [0.5, 0.6) is 5.75 Å². The monoisotopic (exact) mass is 381 g/mol. The summed E-state index contributed by atoms with van der Waals surface area (Å²) in [5.41, 5.74) is 3.87. The first kappa shape index (κ1) is 18.6. The molecule has 0 amide bonds. The number of aryl methyl sites for hydroxylation is 1. The molecule has 0 spiro atoms. The van der Waals surface area contributed by atoms with Crippen molar-refractivity contribution in [3.63, 3.8) is 0 Å². The van der Waals surface area contributed by atoms with Crippen molar-refractivity contribution in [3.05, 3.63) is 89.0 Å². The molecular weight excluding hydrogens is 360 g/mol. The lowest BCUT2D eigenvalue weighted by Crippen LogP contribution is -2.20. The topological polar surface area (TPSA) is 41.5 Å². The summed E-state index contributed by atoms with van der Waals surface area (Å²) in [6.07, 6.45) is -0.0511. The van der Waals surface area contributed by atoms with Crippen LogP contribution in [0.25, 0.3) is 11.1 Å². The van der Waals surface area contributed by atoms with E-state index >= 15 is 0 Å². The van der Waals surface area contributed by atoms with Crippen molar-refractivity contribution < 1.29 is 18.6 Å². The molecule has 0 bridgehead atoms. The summed E-state index contributed by atoms with van der Waals surface area (Å²) in [5.74, 6) is -0.929. The van der Waals surface area contributed by atoms with Crippen LogP contribution in [0.15, 0.2) is 60.7 Å². The van der Waals surface area contributed by atoms with Gasteiger partial charge in [0, 0.05) is 0 Å². The Morgan fingerprint density at radius 3 is 2.36 bits per heavy atom. The molecule has 0 radical (unpaired) electrons. The maximum atomic E-state index is 14.0. The number of aromatic hydroxyl groups is 1. The number of rotatable bonds is 4. The molecule has 0 saturated carbocycles. The Labute approximate surface area is 162 Å². The summed E-state index contributed by atoms with van der Waals surface area (Å²) in [5, 5.41) is 13.0. The molecule has 3 aromatic carbocycles. The van der Waals surface area contributed by atoms with Crippen molar-refractivity contribution in [1.29, 1.82) is 0 Å². The molecule has 0 aromatic heterocycles. The molecule has 1 aliphatic heterocycles. The predicted molar refractivity (Wildman–Crippen MR) is 104 cm³/mol. The highest BCUT2D eigenvalue weighted by molar-refractivity contribution is 5.66. The second-order valence-electron chi connectivity index (χ2n) is 6.89. The molecule has 5 heteroatoms. The number of hydrogen-bond acceptors (Lipinski definition) is 3. The van der Waals surface area contributed by atoms with Crippen LogP contribution >= 0.6 is 0 Å². The van der Waals surface area contributed by atoms with E-state index in [0.29, 0.717) is 12.4 Å². The van der Waals surface area contributed by atoms with Crippen LogP contribution in [-0.4, -0.2) is 11.7 Å². The van der Waals surface area contributed by atoms with Gasteiger partial charge < -0.3 is 9.84 Å². The number of benzene rings is 3. The SMILES string of the molecule is CCc1cc(-c2ccc(C3COC(c4c(F)cccc4F)N3)cc2)ccc1O. The lowest BCUT2D eigenvalue weighted by Gasteiger charge is -2.14. The second kappa shape index (κ2) is 7.70. The van der Waals surface area contributed by atoms with Gasteiger partial charge in [-0.2, -0.15) is 0 Å². The van der Waals surface area contributed by atoms with Crippen LogP contribution in [0.1, 0.15) is 35.9 Å². The van der Waals surface area contributed by atoms with E-state index in [4.69, 9.17) is 4.74 Å². The van der Waals surface area contributed by atoms with Crippen molar-refractivity contribution in [2.45, 2.75) is 25.6 Å². The molecule has 3 aromatic rings. The van der Waals surface area contributed by atoms with Gasteiger partial charge in [-0.05, 0) is 52.9 Å². The van der Waals surface area contributed by atoms with Gasteiger partial charge in [-0.25, -0.2) is 8.78 Å². The van der Waals surface area contributed by atoms with E-state index in [9.17, 15) is 13.9 Å². The third-order valence-electron chi connectivity index (χ3n) is 5.15. The van der Waals surface area contributed by atoms with E-state index in [1.165, 1.54) is 18.2 Å². The molecule has 1 saturated heterocycles. The molecule has 1 aliphatic rings. The highest BCUT2D eigenvalue weighted by Crippen LogP contribution is 2.32. The molecule has 2 atom stereocenters. The van der Waals surface area contributed by atoms with E-state index in [1.807, 2.05) is 43.3 Å². The van der Waals surface area contributed by atoms with E-state index in [0.717, 1.165) is 28.7 Å². The first-order chi connectivity index (χ1) is 13.6. The van der Waals surface area contributed by atoms with Gasteiger partial charge in [0.2, 0.25) is 0 Å². The van der Waals surface area contributed by atoms with Crippen LogP contribution < -0.4 is 5.32 Å². The fourth-order valence-corrected chi connectivity index (χ4v) is 3.55. The Bertz CT molecular complexity index is 968. The number of ether oxygens (including phenoxy) is 1. The van der Waals surface area contributed by atoms with Gasteiger partial charge in [-0.1, -0.05) is 43.3 Å². The molecule has 1 heterocycles. The molecule has 0 aliphatic carbocycles. The Hall–Kier alpha value is -2.76. The number of hydrogen-bond donors (Lipinski definition) is 2. The van der Waals surface area contributed by atoms with Crippen LogP contribution in [0.2, 0.25) is 0 Å². The highest BCUT2D eigenvalue weighted by atomic mass is 19.1. The zero-order chi connectivity index (χ0) is 19.7. The number of phenols is 1. The van der Waals surface area contributed by atoms with Gasteiger partial charge in [-0.15, -0.1) is 0 Å². The zero-order valence-electron chi connectivity index (χ0n) is 15.5. The van der Waals surface area contributed by atoms with Crippen LogP contribution in [0, 0.1) is 11.6 Å². The number of nitrogens with one attached hydrogen (secondary N) is 1. The van der Waals surface area contributed by atoms with Gasteiger partial charge in [0.25, 0.3) is 0 Å². The van der Waals surface area contributed by atoms with Gasteiger partial charge in [0.1, 0.15) is 23.6 Å². The minimum atomic E-state index is -0.810. The van der Waals surface area contributed by atoms with Crippen molar-refractivity contribution in [2.75, 3.05) is 6.61 Å². The van der Waals surface area contributed by atoms with Crippen LogP contribution in [0.3, 0.4) is 0 Å². The summed E-state index contributed by atoms with van der Waals surface area (Å²) >= 11 is 0. The second-order valence-corrected chi connectivity index (χ2v) is 6.89. The summed E-state index contributed by atoms with van der Waals surface area (Å²) < 4.78 is 33.6. The van der Waals surface area contributed by atoms with Gasteiger partial charge in [0.15, 0.2) is 0 Å². The maximum Gasteiger partial charge on any atom is 0.140 e. The van der Waals surface area contributed by atoms with Gasteiger partial charge >= 0.3 is 0 Å².